The van der Waals surface area contributed by atoms with E-state index >= 15 is 8.78 Å². The summed E-state index contributed by atoms with van der Waals surface area (Å²) in [7, 11) is 0. The Hall–Kier alpha value is -2.85. The Morgan fingerprint density at radius 3 is 2.18 bits per heavy atom. The van der Waals surface area contributed by atoms with Crippen molar-refractivity contribution >= 4 is 0 Å². The average molecular weight is 476 g/mol. The summed E-state index contributed by atoms with van der Waals surface area (Å²) in [5.41, 5.74) is -5.14. The molecule has 2 bridgehead atoms. The zero-order chi connectivity index (χ0) is 24.6. The molecule has 3 aliphatic rings. The van der Waals surface area contributed by atoms with E-state index in [1.165, 1.54) is 0 Å². The van der Waals surface area contributed by atoms with Gasteiger partial charge in [-0.25, -0.2) is 22.2 Å². The molecule has 1 aromatic heterocycles. The van der Waals surface area contributed by atoms with Gasteiger partial charge in [-0.3, -0.25) is 0 Å². The summed E-state index contributed by atoms with van der Waals surface area (Å²) in [5, 5.41) is 31.9. The molecule has 0 radical (unpaired) electrons. The predicted octanol–water partition coefficient (Wildman–Crippen LogP) is 3.82. The predicted molar refractivity (Wildman–Crippen MR) is 113 cm³/mol. The molecule has 0 saturated heterocycles. The molecule has 180 valence electrons. The van der Waals surface area contributed by atoms with Gasteiger partial charge in [-0.2, -0.15) is 0 Å². The Morgan fingerprint density at radius 2 is 1.65 bits per heavy atom. The van der Waals surface area contributed by atoms with E-state index in [4.69, 9.17) is 0 Å². The third-order valence-electron chi connectivity index (χ3n) is 7.58. The molecule has 6 rings (SSSR count). The number of hydrogen-bond acceptors (Lipinski definition) is 5. The molecule has 1 heterocycles. The zero-order valence-electron chi connectivity index (χ0n) is 18.6. The number of halogens is 4. The molecule has 2 N–H and O–H groups in total. The molecule has 3 aliphatic carbocycles. The number of aromatic nitrogens is 4. The van der Waals surface area contributed by atoms with E-state index in [9.17, 15) is 19.0 Å². The second kappa shape index (κ2) is 7.08. The molecule has 0 amide bonds. The Balaban J connectivity index is 1.47. The van der Waals surface area contributed by atoms with Crippen LogP contribution < -0.4 is 0 Å². The van der Waals surface area contributed by atoms with Gasteiger partial charge in [-0.05, 0) is 72.2 Å². The van der Waals surface area contributed by atoms with Crippen molar-refractivity contribution in [2.75, 3.05) is 0 Å². The van der Waals surface area contributed by atoms with Crippen LogP contribution in [0.25, 0.3) is 0 Å². The summed E-state index contributed by atoms with van der Waals surface area (Å²) in [6.07, 6.45) is 1.37. The molecule has 0 unspecified atom stereocenters. The Kier molecular flexibility index (Phi) is 4.77. The van der Waals surface area contributed by atoms with E-state index in [0.29, 0.717) is 11.6 Å². The molecule has 3 fully saturated rings. The fraction of sp³-hybridized carbons (Fsp3) is 0.458. The van der Waals surface area contributed by atoms with Crippen molar-refractivity contribution in [2.45, 2.75) is 62.2 Å². The van der Waals surface area contributed by atoms with E-state index in [1.807, 2.05) is 12.1 Å². The highest BCUT2D eigenvalue weighted by molar-refractivity contribution is 5.44. The van der Waals surface area contributed by atoms with Crippen molar-refractivity contribution in [1.82, 2.24) is 20.2 Å². The first kappa shape index (κ1) is 22.9. The second-order valence-electron chi connectivity index (χ2n) is 10.3. The summed E-state index contributed by atoms with van der Waals surface area (Å²) in [4.78, 5) is 0. The lowest BCUT2D eigenvalue weighted by Crippen LogP contribution is -2.76. The number of benzene rings is 2. The van der Waals surface area contributed by atoms with Crippen LogP contribution in [0.4, 0.5) is 17.6 Å². The lowest BCUT2D eigenvalue weighted by Gasteiger charge is -2.74. The normalized spacial score (nSPS) is 25.9. The molecule has 10 heteroatoms. The standard InChI is InChI=1S/C24H24F4N4O2/c1-20(2,33)15-3-5-16(6-4-15)21-10-22(11-21,12-21)24(27,28)23(34,13-32-14-29-30-31-32)18-8-7-17(25)9-19(18)26/h3-9,14,33-34H,10-13H2,1-2H3/t21?,22?,23-/m1/s1. The third-order valence-corrected chi connectivity index (χ3v) is 7.58. The number of aliphatic hydroxyl groups is 2. The first-order valence-corrected chi connectivity index (χ1v) is 10.9. The monoisotopic (exact) mass is 476 g/mol. The van der Waals surface area contributed by atoms with Gasteiger partial charge in [0.1, 0.15) is 18.0 Å². The minimum absolute atomic E-state index is 0.107. The largest absolute Gasteiger partial charge is 0.386 e. The summed E-state index contributed by atoms with van der Waals surface area (Å²) in [6, 6.07) is 9.39. The van der Waals surface area contributed by atoms with Crippen LogP contribution in [0, 0.1) is 17.0 Å². The summed E-state index contributed by atoms with van der Waals surface area (Å²) < 4.78 is 61.5. The lowest BCUT2D eigenvalue weighted by molar-refractivity contribution is -0.347. The average Bonchev–Trinajstić information content (AvgIpc) is 3.18. The highest BCUT2D eigenvalue weighted by Crippen LogP contribution is 2.80. The number of alkyl halides is 2. The van der Waals surface area contributed by atoms with E-state index in [1.54, 1.807) is 26.0 Å². The summed E-state index contributed by atoms with van der Waals surface area (Å²) in [6.45, 7) is 2.53. The Bertz CT molecular complexity index is 1200. The third kappa shape index (κ3) is 3.11. The van der Waals surface area contributed by atoms with Crippen LogP contribution in [-0.2, 0) is 23.2 Å². The van der Waals surface area contributed by atoms with Crippen LogP contribution >= 0.6 is 0 Å². The van der Waals surface area contributed by atoms with Gasteiger partial charge in [0, 0.05) is 17.0 Å². The van der Waals surface area contributed by atoms with E-state index in [-0.39, 0.29) is 19.3 Å². The van der Waals surface area contributed by atoms with Crippen LogP contribution in [-0.4, -0.2) is 36.3 Å². The molecular formula is C24H24F4N4O2. The molecule has 34 heavy (non-hydrogen) atoms. The Morgan fingerprint density at radius 1 is 1.00 bits per heavy atom. The van der Waals surface area contributed by atoms with Crippen molar-refractivity contribution in [3.8, 4) is 0 Å². The van der Waals surface area contributed by atoms with E-state index < -0.39 is 51.7 Å². The fourth-order valence-electron chi connectivity index (χ4n) is 5.76. The van der Waals surface area contributed by atoms with Gasteiger partial charge in [0.05, 0.1) is 12.1 Å². The number of nitrogens with zero attached hydrogens (tertiary/aromatic N) is 4. The number of tetrazole rings is 1. The highest BCUT2D eigenvalue weighted by atomic mass is 19.3. The highest BCUT2D eigenvalue weighted by Gasteiger charge is 2.82. The van der Waals surface area contributed by atoms with E-state index in [0.717, 1.165) is 28.7 Å². The van der Waals surface area contributed by atoms with Gasteiger partial charge >= 0.3 is 0 Å². The summed E-state index contributed by atoms with van der Waals surface area (Å²) in [5.74, 6) is -5.97. The number of hydrogen-bond donors (Lipinski definition) is 2. The molecule has 1 atom stereocenters. The van der Waals surface area contributed by atoms with Gasteiger partial charge in [0.25, 0.3) is 5.92 Å². The molecule has 2 aromatic carbocycles. The molecule has 3 saturated carbocycles. The van der Waals surface area contributed by atoms with Crippen molar-refractivity contribution in [2.24, 2.45) is 5.41 Å². The van der Waals surface area contributed by atoms with Gasteiger partial charge in [-0.1, -0.05) is 24.3 Å². The van der Waals surface area contributed by atoms with Gasteiger partial charge < -0.3 is 10.2 Å². The van der Waals surface area contributed by atoms with Crippen molar-refractivity contribution in [3.63, 3.8) is 0 Å². The molecule has 0 aliphatic heterocycles. The van der Waals surface area contributed by atoms with Crippen molar-refractivity contribution in [3.05, 3.63) is 77.1 Å². The maximum Gasteiger partial charge on any atom is 0.287 e. The minimum Gasteiger partial charge on any atom is -0.386 e. The van der Waals surface area contributed by atoms with Crippen LogP contribution in [0.2, 0.25) is 0 Å². The number of rotatable bonds is 7. The molecule has 0 spiro atoms. The van der Waals surface area contributed by atoms with Gasteiger partial charge in [0.15, 0.2) is 5.60 Å². The Labute approximate surface area is 193 Å². The molecular weight excluding hydrogens is 452 g/mol. The van der Waals surface area contributed by atoms with Gasteiger partial charge in [0.2, 0.25) is 0 Å². The molecule has 6 nitrogen and oxygen atoms in total. The van der Waals surface area contributed by atoms with Crippen LogP contribution in [0.15, 0.2) is 48.8 Å². The zero-order valence-corrected chi connectivity index (χ0v) is 18.6. The second-order valence-corrected chi connectivity index (χ2v) is 10.3. The maximum absolute atomic E-state index is 16.2. The molecule has 3 aromatic rings. The first-order chi connectivity index (χ1) is 15.8. The van der Waals surface area contributed by atoms with Crippen molar-refractivity contribution in [1.29, 1.82) is 0 Å². The minimum atomic E-state index is -3.76. The fourth-order valence-corrected chi connectivity index (χ4v) is 5.76. The van der Waals surface area contributed by atoms with Crippen LogP contribution in [0.1, 0.15) is 49.8 Å². The topological polar surface area (TPSA) is 84.1 Å². The quantitative estimate of drug-likeness (QED) is 0.507. The first-order valence-electron chi connectivity index (χ1n) is 10.9. The maximum atomic E-state index is 16.2. The van der Waals surface area contributed by atoms with Gasteiger partial charge in [-0.15, -0.1) is 5.10 Å². The van der Waals surface area contributed by atoms with E-state index in [2.05, 4.69) is 15.5 Å². The van der Waals surface area contributed by atoms with Crippen molar-refractivity contribution < 1.29 is 27.8 Å². The van der Waals surface area contributed by atoms with Crippen LogP contribution in [0.5, 0.6) is 0 Å². The lowest BCUT2D eigenvalue weighted by atomic mass is 9.30. The summed E-state index contributed by atoms with van der Waals surface area (Å²) >= 11 is 0. The van der Waals surface area contributed by atoms with Crippen LogP contribution in [0.3, 0.4) is 0 Å². The SMILES string of the molecule is CC(C)(O)c1ccc(C23CC(C(F)(F)[C@@](O)(Cn4cnnn4)c4ccc(F)cc4F)(C2)C3)cc1. The smallest absolute Gasteiger partial charge is 0.287 e.